The summed E-state index contributed by atoms with van der Waals surface area (Å²) >= 11 is 0. The summed E-state index contributed by atoms with van der Waals surface area (Å²) in [6, 6.07) is 7.94. The van der Waals surface area contributed by atoms with Crippen LogP contribution in [0.15, 0.2) is 24.3 Å². The third-order valence-electron chi connectivity index (χ3n) is 4.08. The first-order valence-corrected chi connectivity index (χ1v) is 7.89. The molecule has 1 N–H and O–H groups in total. The SMILES string of the molecule is CCc1nn(C)c(NCCn2c(C)nc3ccccc32)c1[N+](=O)[O-]. The van der Waals surface area contributed by atoms with E-state index in [0.29, 0.717) is 31.0 Å². The van der Waals surface area contributed by atoms with Crippen molar-refractivity contribution in [3.8, 4) is 0 Å². The van der Waals surface area contributed by atoms with E-state index in [0.717, 1.165) is 16.9 Å². The van der Waals surface area contributed by atoms with Crippen LogP contribution in [0.4, 0.5) is 11.5 Å². The number of nitrogens with one attached hydrogen (secondary N) is 1. The maximum atomic E-state index is 11.3. The van der Waals surface area contributed by atoms with Gasteiger partial charge in [0, 0.05) is 20.1 Å². The van der Waals surface area contributed by atoms with Crippen molar-refractivity contribution in [2.24, 2.45) is 7.05 Å². The van der Waals surface area contributed by atoms with Crippen molar-refractivity contribution in [1.82, 2.24) is 19.3 Å². The monoisotopic (exact) mass is 328 g/mol. The first-order valence-electron chi connectivity index (χ1n) is 7.89. The average molecular weight is 328 g/mol. The van der Waals surface area contributed by atoms with Gasteiger partial charge in [0.05, 0.1) is 16.0 Å². The van der Waals surface area contributed by atoms with Gasteiger partial charge in [-0.05, 0) is 25.5 Å². The summed E-state index contributed by atoms with van der Waals surface area (Å²) in [5.41, 5.74) is 2.57. The van der Waals surface area contributed by atoms with Crippen LogP contribution in [-0.4, -0.2) is 30.8 Å². The van der Waals surface area contributed by atoms with Gasteiger partial charge in [-0.15, -0.1) is 0 Å². The molecular formula is C16H20N6O2. The van der Waals surface area contributed by atoms with Gasteiger partial charge in [-0.25, -0.2) is 9.67 Å². The smallest absolute Gasteiger partial charge is 0.333 e. The topological polar surface area (TPSA) is 90.8 Å². The molecule has 0 aliphatic heterocycles. The van der Waals surface area contributed by atoms with E-state index >= 15 is 0 Å². The lowest BCUT2D eigenvalue weighted by atomic mass is 10.3. The first kappa shape index (κ1) is 16.0. The number of fused-ring (bicyclic) bond motifs is 1. The Hall–Kier alpha value is -2.90. The van der Waals surface area contributed by atoms with Gasteiger partial charge in [-0.3, -0.25) is 10.1 Å². The molecule has 2 heterocycles. The molecule has 0 bridgehead atoms. The molecule has 8 heteroatoms. The fourth-order valence-corrected chi connectivity index (χ4v) is 2.96. The van der Waals surface area contributed by atoms with Gasteiger partial charge in [0.2, 0.25) is 5.82 Å². The van der Waals surface area contributed by atoms with Crippen LogP contribution in [0.3, 0.4) is 0 Å². The molecule has 0 spiro atoms. The molecule has 0 aliphatic rings. The van der Waals surface area contributed by atoms with E-state index < -0.39 is 0 Å². The van der Waals surface area contributed by atoms with Gasteiger partial charge in [0.15, 0.2) is 0 Å². The molecule has 0 saturated carbocycles. The van der Waals surface area contributed by atoms with Gasteiger partial charge in [0.1, 0.15) is 11.5 Å². The summed E-state index contributed by atoms with van der Waals surface area (Å²) in [4.78, 5) is 15.5. The molecule has 0 radical (unpaired) electrons. The van der Waals surface area contributed by atoms with E-state index in [4.69, 9.17) is 0 Å². The summed E-state index contributed by atoms with van der Waals surface area (Å²) < 4.78 is 3.64. The number of hydrogen-bond acceptors (Lipinski definition) is 5. The molecule has 2 aromatic heterocycles. The quantitative estimate of drug-likeness (QED) is 0.555. The number of nitro groups is 1. The highest BCUT2D eigenvalue weighted by Crippen LogP contribution is 2.28. The van der Waals surface area contributed by atoms with Crippen molar-refractivity contribution in [2.75, 3.05) is 11.9 Å². The Morgan fingerprint density at radius 1 is 1.33 bits per heavy atom. The van der Waals surface area contributed by atoms with Gasteiger partial charge < -0.3 is 9.88 Å². The highest BCUT2D eigenvalue weighted by atomic mass is 16.6. The number of anilines is 1. The summed E-state index contributed by atoms with van der Waals surface area (Å²) in [5, 5.41) is 18.7. The molecule has 0 unspecified atom stereocenters. The van der Waals surface area contributed by atoms with Gasteiger partial charge >= 0.3 is 5.69 Å². The standard InChI is InChI=1S/C16H20N6O2/c1-4-12-15(22(23)24)16(20(3)19-12)17-9-10-21-11(2)18-13-7-5-6-8-14(13)21/h5-8,17H,4,9-10H2,1-3H3. The minimum atomic E-state index is -0.369. The Morgan fingerprint density at radius 3 is 2.79 bits per heavy atom. The third-order valence-corrected chi connectivity index (χ3v) is 4.08. The Bertz CT molecular complexity index is 895. The van der Waals surface area contributed by atoms with Crippen LogP contribution >= 0.6 is 0 Å². The Morgan fingerprint density at radius 2 is 2.08 bits per heavy atom. The summed E-state index contributed by atoms with van der Waals surface area (Å²) in [6.07, 6.45) is 0.525. The molecule has 3 aromatic rings. The van der Waals surface area contributed by atoms with E-state index in [2.05, 4.69) is 20.0 Å². The van der Waals surface area contributed by atoms with Crippen LogP contribution in [0.5, 0.6) is 0 Å². The number of para-hydroxylation sites is 2. The molecular weight excluding hydrogens is 308 g/mol. The number of imidazole rings is 1. The lowest BCUT2D eigenvalue weighted by Gasteiger charge is -2.09. The fourth-order valence-electron chi connectivity index (χ4n) is 2.96. The Labute approximate surface area is 139 Å². The zero-order valence-corrected chi connectivity index (χ0v) is 14.0. The first-order chi connectivity index (χ1) is 11.5. The Balaban J connectivity index is 1.81. The molecule has 0 aliphatic carbocycles. The molecule has 8 nitrogen and oxygen atoms in total. The van der Waals surface area contributed by atoms with Crippen molar-refractivity contribution in [1.29, 1.82) is 0 Å². The van der Waals surface area contributed by atoms with E-state index in [9.17, 15) is 10.1 Å². The summed E-state index contributed by atoms with van der Waals surface area (Å²) in [5.74, 6) is 1.37. The molecule has 0 atom stereocenters. The summed E-state index contributed by atoms with van der Waals surface area (Å²) in [7, 11) is 1.71. The minimum Gasteiger partial charge on any atom is -0.363 e. The second-order valence-electron chi connectivity index (χ2n) is 5.60. The van der Waals surface area contributed by atoms with E-state index in [1.54, 1.807) is 7.05 Å². The molecule has 126 valence electrons. The number of benzene rings is 1. The highest BCUT2D eigenvalue weighted by molar-refractivity contribution is 5.75. The zero-order valence-electron chi connectivity index (χ0n) is 14.0. The van der Waals surface area contributed by atoms with E-state index in [1.807, 2.05) is 38.1 Å². The molecule has 24 heavy (non-hydrogen) atoms. The molecule has 3 rings (SSSR count). The van der Waals surface area contributed by atoms with Crippen LogP contribution < -0.4 is 5.32 Å². The highest BCUT2D eigenvalue weighted by Gasteiger charge is 2.25. The number of aromatic nitrogens is 4. The van der Waals surface area contributed by atoms with Crippen molar-refractivity contribution in [2.45, 2.75) is 26.8 Å². The normalized spacial score (nSPS) is 11.1. The largest absolute Gasteiger partial charge is 0.363 e. The summed E-state index contributed by atoms with van der Waals surface area (Å²) in [6.45, 7) is 5.03. The van der Waals surface area contributed by atoms with Crippen molar-refractivity contribution in [3.63, 3.8) is 0 Å². The molecule has 0 amide bonds. The second kappa shape index (κ2) is 6.31. The number of hydrogen-bond donors (Lipinski definition) is 1. The van der Waals surface area contributed by atoms with Gasteiger partial charge in [-0.1, -0.05) is 19.1 Å². The predicted octanol–water partition coefficient (Wildman–Crippen LogP) is 2.66. The average Bonchev–Trinajstić information content (AvgIpc) is 3.04. The minimum absolute atomic E-state index is 0.0622. The maximum Gasteiger partial charge on any atom is 0.333 e. The van der Waals surface area contributed by atoms with Crippen LogP contribution in [0.25, 0.3) is 11.0 Å². The zero-order chi connectivity index (χ0) is 17.3. The molecule has 1 aromatic carbocycles. The fraction of sp³-hybridized carbons (Fsp3) is 0.375. The molecule has 0 fully saturated rings. The predicted molar refractivity (Wildman–Crippen MR) is 92.2 cm³/mol. The van der Waals surface area contributed by atoms with E-state index in [-0.39, 0.29) is 10.6 Å². The van der Waals surface area contributed by atoms with Crippen molar-refractivity contribution >= 4 is 22.5 Å². The van der Waals surface area contributed by atoms with Crippen LogP contribution in [0.1, 0.15) is 18.4 Å². The number of rotatable bonds is 6. The van der Waals surface area contributed by atoms with Crippen LogP contribution in [0.2, 0.25) is 0 Å². The Kier molecular flexibility index (Phi) is 4.20. The van der Waals surface area contributed by atoms with Crippen LogP contribution in [0, 0.1) is 17.0 Å². The van der Waals surface area contributed by atoms with Crippen molar-refractivity contribution in [3.05, 3.63) is 45.9 Å². The van der Waals surface area contributed by atoms with E-state index in [1.165, 1.54) is 4.68 Å². The lowest BCUT2D eigenvalue weighted by Crippen LogP contribution is -2.14. The lowest BCUT2D eigenvalue weighted by molar-refractivity contribution is -0.384. The maximum absolute atomic E-state index is 11.3. The third kappa shape index (κ3) is 2.70. The second-order valence-corrected chi connectivity index (χ2v) is 5.60. The van der Waals surface area contributed by atoms with Gasteiger partial charge in [0.25, 0.3) is 0 Å². The van der Waals surface area contributed by atoms with Crippen molar-refractivity contribution < 1.29 is 4.92 Å². The number of aryl methyl sites for hydroxylation is 3. The van der Waals surface area contributed by atoms with Crippen LogP contribution in [-0.2, 0) is 20.0 Å². The molecule has 0 saturated heterocycles. The number of nitrogens with zero attached hydrogens (tertiary/aromatic N) is 5. The van der Waals surface area contributed by atoms with Gasteiger partial charge in [-0.2, -0.15) is 5.10 Å².